The number of amides is 2. The lowest BCUT2D eigenvalue weighted by Gasteiger charge is -2.16. The highest BCUT2D eigenvalue weighted by Crippen LogP contribution is 2.38. The van der Waals surface area contributed by atoms with E-state index in [4.69, 9.17) is 16.7 Å². The van der Waals surface area contributed by atoms with E-state index < -0.39 is 0 Å². The van der Waals surface area contributed by atoms with Crippen molar-refractivity contribution in [3.05, 3.63) is 69.1 Å². The number of halogens is 1. The molecule has 0 bridgehead atoms. The molecule has 134 valence electrons. The smallest absolute Gasteiger partial charge is 0.272 e. The second-order valence-electron chi connectivity index (χ2n) is 6.00. The van der Waals surface area contributed by atoms with Crippen molar-refractivity contribution in [3.8, 4) is 0 Å². The second-order valence-corrected chi connectivity index (χ2v) is 7.54. The number of aliphatic hydroxyl groups excluding tert-OH is 1. The monoisotopic (exact) mass is 387 g/mol. The van der Waals surface area contributed by atoms with E-state index in [0.29, 0.717) is 32.5 Å². The summed E-state index contributed by atoms with van der Waals surface area (Å²) in [6, 6.07) is 12.3. The number of rotatable bonds is 5. The predicted molar refractivity (Wildman–Crippen MR) is 106 cm³/mol. The molecule has 26 heavy (non-hydrogen) atoms. The third-order valence-corrected chi connectivity index (χ3v) is 5.57. The average molecular weight is 388 g/mol. The van der Waals surface area contributed by atoms with E-state index in [-0.39, 0.29) is 18.4 Å². The Hall–Kier alpha value is -2.08. The van der Waals surface area contributed by atoms with Gasteiger partial charge in [0.15, 0.2) is 0 Å². The van der Waals surface area contributed by atoms with Crippen LogP contribution < -0.4 is 4.90 Å². The number of benzene rings is 2. The van der Waals surface area contributed by atoms with Crippen LogP contribution >= 0.6 is 23.4 Å². The summed E-state index contributed by atoms with van der Waals surface area (Å²) in [4.78, 5) is 27.7. The molecule has 2 aromatic rings. The summed E-state index contributed by atoms with van der Waals surface area (Å²) in [5.74, 6) is -0.380. The van der Waals surface area contributed by atoms with Crippen LogP contribution in [0.4, 0.5) is 5.69 Å². The molecule has 1 heterocycles. The second kappa shape index (κ2) is 7.66. The third-order valence-electron chi connectivity index (χ3n) is 4.26. The first-order valence-corrected chi connectivity index (χ1v) is 9.50. The maximum Gasteiger partial charge on any atom is 0.272 e. The van der Waals surface area contributed by atoms with E-state index in [9.17, 15) is 9.59 Å². The molecule has 0 aromatic heterocycles. The van der Waals surface area contributed by atoms with Crippen molar-refractivity contribution in [1.29, 1.82) is 0 Å². The molecule has 2 aromatic carbocycles. The topological polar surface area (TPSA) is 57.6 Å². The minimum Gasteiger partial charge on any atom is -0.396 e. The van der Waals surface area contributed by atoms with Crippen molar-refractivity contribution in [3.63, 3.8) is 0 Å². The van der Waals surface area contributed by atoms with Gasteiger partial charge in [-0.05, 0) is 54.8 Å². The number of hydrogen-bond donors (Lipinski definition) is 1. The summed E-state index contributed by atoms with van der Waals surface area (Å²) in [6.07, 6.45) is 0. The van der Waals surface area contributed by atoms with E-state index in [0.717, 1.165) is 11.1 Å². The highest BCUT2D eigenvalue weighted by molar-refractivity contribution is 8.04. The summed E-state index contributed by atoms with van der Waals surface area (Å²) in [5, 5.41) is 9.71. The minimum absolute atomic E-state index is 0.0762. The van der Waals surface area contributed by atoms with Gasteiger partial charge in [0.1, 0.15) is 0 Å². The fraction of sp³-hybridized carbons (Fsp3) is 0.200. The molecule has 0 unspecified atom stereocenters. The first-order valence-electron chi connectivity index (χ1n) is 8.14. The number of thioether (sulfide) groups is 1. The molecular formula is C20H18ClNO3S. The van der Waals surface area contributed by atoms with E-state index in [1.54, 1.807) is 30.3 Å². The molecule has 0 aliphatic carbocycles. The van der Waals surface area contributed by atoms with Crippen molar-refractivity contribution < 1.29 is 14.7 Å². The molecule has 0 saturated heterocycles. The fourth-order valence-corrected chi connectivity index (χ4v) is 3.75. The van der Waals surface area contributed by atoms with Gasteiger partial charge in [-0.2, -0.15) is 0 Å². The zero-order valence-electron chi connectivity index (χ0n) is 14.5. The lowest BCUT2D eigenvalue weighted by Crippen LogP contribution is -2.31. The number of aliphatic hydroxyl groups is 1. The molecule has 0 radical (unpaired) electrons. The molecule has 1 aliphatic heterocycles. The summed E-state index contributed by atoms with van der Waals surface area (Å²) in [7, 11) is 0. The van der Waals surface area contributed by atoms with Gasteiger partial charge in [-0.3, -0.25) is 9.59 Å². The summed E-state index contributed by atoms with van der Waals surface area (Å²) < 4.78 is 0. The summed E-state index contributed by atoms with van der Waals surface area (Å²) >= 11 is 7.14. The number of imide groups is 1. The van der Waals surface area contributed by atoms with Gasteiger partial charge in [0.05, 0.1) is 22.8 Å². The lowest BCUT2D eigenvalue weighted by atomic mass is 10.1. The van der Waals surface area contributed by atoms with Crippen LogP contribution in [0.25, 0.3) is 5.57 Å². The van der Waals surface area contributed by atoms with Gasteiger partial charge in [0, 0.05) is 10.8 Å². The van der Waals surface area contributed by atoms with Crippen LogP contribution in [0.1, 0.15) is 16.7 Å². The first-order chi connectivity index (χ1) is 12.4. The van der Waals surface area contributed by atoms with Gasteiger partial charge in [0.25, 0.3) is 11.8 Å². The number of aryl methyl sites for hydroxylation is 2. The maximum atomic E-state index is 13.1. The van der Waals surface area contributed by atoms with Crippen LogP contribution in [0.2, 0.25) is 5.02 Å². The van der Waals surface area contributed by atoms with Gasteiger partial charge in [-0.25, -0.2) is 4.90 Å². The van der Waals surface area contributed by atoms with Crippen molar-refractivity contribution >= 4 is 46.4 Å². The number of anilines is 1. The SMILES string of the molecule is Cc1ccc(N2C(=O)C(SCCO)=C(c3ccc(Cl)cc3)C2=O)cc1C. The molecule has 1 N–H and O–H groups in total. The quantitative estimate of drug-likeness (QED) is 0.789. The molecule has 0 spiro atoms. The Balaban J connectivity index is 2.07. The highest BCUT2D eigenvalue weighted by atomic mass is 35.5. The average Bonchev–Trinajstić information content (AvgIpc) is 2.86. The Morgan fingerprint density at radius 3 is 2.31 bits per heavy atom. The molecule has 0 fully saturated rings. The van der Waals surface area contributed by atoms with Crippen LogP contribution in [0, 0.1) is 13.8 Å². The zero-order valence-corrected chi connectivity index (χ0v) is 16.0. The van der Waals surface area contributed by atoms with Crippen LogP contribution in [0.15, 0.2) is 47.4 Å². The Kier molecular flexibility index (Phi) is 5.51. The lowest BCUT2D eigenvalue weighted by molar-refractivity contribution is -0.119. The minimum atomic E-state index is -0.360. The Morgan fingerprint density at radius 2 is 1.69 bits per heavy atom. The number of carbonyl (C=O) groups excluding carboxylic acids is 2. The molecule has 0 saturated carbocycles. The van der Waals surface area contributed by atoms with Gasteiger partial charge >= 0.3 is 0 Å². The zero-order chi connectivity index (χ0) is 18.8. The van der Waals surface area contributed by atoms with Gasteiger partial charge < -0.3 is 5.11 Å². The van der Waals surface area contributed by atoms with Gasteiger partial charge in [-0.15, -0.1) is 11.8 Å². The Morgan fingerprint density at radius 1 is 1.00 bits per heavy atom. The van der Waals surface area contributed by atoms with Crippen molar-refractivity contribution in [2.24, 2.45) is 0 Å². The molecule has 2 amide bonds. The summed E-state index contributed by atoms with van der Waals surface area (Å²) in [5.41, 5.74) is 3.64. The maximum absolute atomic E-state index is 13.1. The number of carbonyl (C=O) groups is 2. The van der Waals surface area contributed by atoms with Crippen LogP contribution in [-0.4, -0.2) is 29.3 Å². The molecular weight excluding hydrogens is 370 g/mol. The van der Waals surface area contributed by atoms with E-state index in [2.05, 4.69) is 0 Å². The van der Waals surface area contributed by atoms with Gasteiger partial charge in [0.2, 0.25) is 0 Å². The van der Waals surface area contributed by atoms with E-state index in [1.807, 2.05) is 26.0 Å². The standard InChI is InChI=1S/C20H18ClNO3S/c1-12-3-8-16(11-13(12)2)22-19(24)17(14-4-6-15(21)7-5-14)18(20(22)25)26-10-9-23/h3-8,11,23H,9-10H2,1-2H3. The predicted octanol–water partition coefficient (Wildman–Crippen LogP) is 3.97. The van der Waals surface area contributed by atoms with Crippen molar-refractivity contribution in [2.45, 2.75) is 13.8 Å². The fourth-order valence-electron chi connectivity index (χ4n) is 2.76. The first kappa shape index (κ1) is 18.7. The van der Waals surface area contributed by atoms with Crippen LogP contribution in [-0.2, 0) is 9.59 Å². The molecule has 3 rings (SSSR count). The number of hydrogen-bond acceptors (Lipinski definition) is 4. The van der Waals surface area contributed by atoms with Crippen LogP contribution in [0.3, 0.4) is 0 Å². The van der Waals surface area contributed by atoms with E-state index in [1.165, 1.54) is 16.7 Å². The molecule has 4 nitrogen and oxygen atoms in total. The van der Waals surface area contributed by atoms with Gasteiger partial charge in [-0.1, -0.05) is 29.8 Å². The molecule has 0 atom stereocenters. The highest BCUT2D eigenvalue weighted by Gasteiger charge is 2.40. The third kappa shape index (κ3) is 3.43. The Labute approximate surface area is 161 Å². The largest absolute Gasteiger partial charge is 0.396 e. The number of nitrogens with zero attached hydrogens (tertiary/aromatic N) is 1. The molecule has 6 heteroatoms. The van der Waals surface area contributed by atoms with Crippen LogP contribution in [0.5, 0.6) is 0 Å². The van der Waals surface area contributed by atoms with Crippen molar-refractivity contribution in [2.75, 3.05) is 17.3 Å². The van der Waals surface area contributed by atoms with E-state index >= 15 is 0 Å². The van der Waals surface area contributed by atoms with Crippen molar-refractivity contribution in [1.82, 2.24) is 0 Å². The molecule has 1 aliphatic rings. The Bertz CT molecular complexity index is 906. The normalized spacial score (nSPS) is 14.5. The summed E-state index contributed by atoms with van der Waals surface area (Å²) in [6.45, 7) is 3.85.